The molecule has 0 aliphatic heterocycles. The second kappa shape index (κ2) is 4.87. The molecule has 96 valence electrons. The van der Waals surface area contributed by atoms with Crippen LogP contribution in [0.4, 0.5) is 0 Å². The highest BCUT2D eigenvalue weighted by Gasteiger charge is 2.21. The highest BCUT2D eigenvalue weighted by Crippen LogP contribution is 2.19. The third kappa shape index (κ3) is 2.41. The lowest BCUT2D eigenvalue weighted by Gasteiger charge is -2.07. The zero-order chi connectivity index (χ0) is 13.2. The van der Waals surface area contributed by atoms with Gasteiger partial charge in [-0.15, -0.1) is 10.2 Å². The molecule has 1 aromatic carbocycles. The van der Waals surface area contributed by atoms with Crippen LogP contribution in [0.25, 0.3) is 11.4 Å². The Balaban J connectivity index is 2.60. The van der Waals surface area contributed by atoms with E-state index in [4.69, 9.17) is 5.14 Å². The first kappa shape index (κ1) is 12.7. The average molecular weight is 266 g/mol. The fourth-order valence-corrected chi connectivity index (χ4v) is 2.36. The molecule has 7 heteroatoms. The maximum absolute atomic E-state index is 11.4. The van der Waals surface area contributed by atoms with Gasteiger partial charge >= 0.3 is 0 Å². The molecule has 0 bridgehead atoms. The van der Waals surface area contributed by atoms with Gasteiger partial charge in [0, 0.05) is 12.1 Å². The lowest BCUT2D eigenvalue weighted by atomic mass is 10.2. The monoisotopic (exact) mass is 266 g/mol. The summed E-state index contributed by atoms with van der Waals surface area (Å²) in [6.45, 7) is 2.45. The third-order valence-corrected chi connectivity index (χ3v) is 3.26. The molecule has 2 N–H and O–H groups in total. The maximum Gasteiger partial charge on any atom is 0.273 e. The number of benzene rings is 1. The van der Waals surface area contributed by atoms with E-state index < -0.39 is 10.0 Å². The number of hydrogen-bond donors (Lipinski definition) is 1. The molecule has 1 aromatic heterocycles. The van der Waals surface area contributed by atoms with Gasteiger partial charge in [-0.25, -0.2) is 13.6 Å². The second-order valence-electron chi connectivity index (χ2n) is 3.87. The minimum atomic E-state index is -3.85. The summed E-state index contributed by atoms with van der Waals surface area (Å²) in [6, 6.07) is 9.30. The topological polar surface area (TPSA) is 90.9 Å². The van der Waals surface area contributed by atoms with Crippen LogP contribution in [-0.4, -0.2) is 23.2 Å². The van der Waals surface area contributed by atoms with Gasteiger partial charge in [-0.1, -0.05) is 37.3 Å². The molecule has 2 rings (SSSR count). The van der Waals surface area contributed by atoms with E-state index in [-0.39, 0.29) is 5.16 Å². The fourth-order valence-electron chi connectivity index (χ4n) is 1.73. The minimum absolute atomic E-state index is 0.191. The molecule has 0 atom stereocenters. The van der Waals surface area contributed by atoms with Crippen LogP contribution in [0.3, 0.4) is 0 Å². The van der Waals surface area contributed by atoms with E-state index in [2.05, 4.69) is 10.2 Å². The Morgan fingerprint density at radius 3 is 2.44 bits per heavy atom. The average Bonchev–Trinajstić information content (AvgIpc) is 2.74. The van der Waals surface area contributed by atoms with Gasteiger partial charge in [0.05, 0.1) is 0 Å². The van der Waals surface area contributed by atoms with Crippen molar-refractivity contribution in [2.24, 2.45) is 5.14 Å². The zero-order valence-corrected chi connectivity index (χ0v) is 10.8. The SMILES string of the molecule is CCCn1c(-c2ccccc2)nnc1S(N)(=O)=O. The molecule has 2 aromatic rings. The van der Waals surface area contributed by atoms with Crippen molar-refractivity contribution in [1.82, 2.24) is 14.8 Å². The molecule has 1 heterocycles. The Morgan fingerprint density at radius 2 is 1.89 bits per heavy atom. The van der Waals surface area contributed by atoms with Crippen molar-refractivity contribution in [2.75, 3.05) is 0 Å². The molecule has 0 saturated carbocycles. The number of hydrogen-bond acceptors (Lipinski definition) is 4. The van der Waals surface area contributed by atoms with Gasteiger partial charge in [-0.2, -0.15) is 0 Å². The van der Waals surface area contributed by atoms with Crippen molar-refractivity contribution in [3.63, 3.8) is 0 Å². The van der Waals surface area contributed by atoms with E-state index in [1.807, 2.05) is 37.3 Å². The van der Waals surface area contributed by atoms with Crippen molar-refractivity contribution in [1.29, 1.82) is 0 Å². The molecule has 0 radical (unpaired) electrons. The number of rotatable bonds is 4. The molecule has 0 fully saturated rings. The predicted octanol–water partition coefficient (Wildman–Crippen LogP) is 1.00. The van der Waals surface area contributed by atoms with Crippen LogP contribution in [-0.2, 0) is 16.6 Å². The quantitative estimate of drug-likeness (QED) is 0.893. The zero-order valence-electron chi connectivity index (χ0n) is 9.94. The first-order chi connectivity index (χ1) is 8.54. The first-order valence-electron chi connectivity index (χ1n) is 5.55. The smallest absolute Gasteiger partial charge is 0.273 e. The number of aromatic nitrogens is 3. The van der Waals surface area contributed by atoms with Gasteiger partial charge in [0.15, 0.2) is 5.82 Å². The molecule has 6 nitrogen and oxygen atoms in total. The molecule has 0 spiro atoms. The number of sulfonamides is 1. The van der Waals surface area contributed by atoms with Gasteiger partial charge in [-0.3, -0.25) is 4.57 Å². The Hall–Kier alpha value is -1.73. The van der Waals surface area contributed by atoms with Crippen molar-refractivity contribution in [2.45, 2.75) is 25.0 Å². The molecule has 0 aliphatic rings. The fraction of sp³-hybridized carbons (Fsp3) is 0.273. The van der Waals surface area contributed by atoms with Crippen LogP contribution >= 0.6 is 0 Å². The van der Waals surface area contributed by atoms with E-state index in [1.54, 1.807) is 0 Å². The summed E-state index contributed by atoms with van der Waals surface area (Å²) < 4.78 is 24.4. The largest absolute Gasteiger partial charge is 0.297 e. The highest BCUT2D eigenvalue weighted by molar-refractivity contribution is 7.89. The maximum atomic E-state index is 11.4. The first-order valence-corrected chi connectivity index (χ1v) is 7.10. The molecule has 0 saturated heterocycles. The van der Waals surface area contributed by atoms with Crippen molar-refractivity contribution >= 4 is 10.0 Å². The normalized spacial score (nSPS) is 11.7. The Labute approximate surface area is 106 Å². The number of primary sulfonamides is 1. The summed E-state index contributed by atoms with van der Waals surface area (Å²) in [7, 11) is -3.85. The van der Waals surface area contributed by atoms with Crippen molar-refractivity contribution in [3.05, 3.63) is 30.3 Å². The van der Waals surface area contributed by atoms with Crippen molar-refractivity contribution in [3.8, 4) is 11.4 Å². The third-order valence-electron chi connectivity index (χ3n) is 2.45. The molecule has 0 aliphatic carbocycles. The molecular formula is C11H14N4O2S. The number of nitrogens with zero attached hydrogens (tertiary/aromatic N) is 3. The summed E-state index contributed by atoms with van der Waals surface area (Å²) in [5, 5.41) is 12.5. The van der Waals surface area contributed by atoms with Crippen LogP contribution < -0.4 is 5.14 Å². The highest BCUT2D eigenvalue weighted by atomic mass is 32.2. The predicted molar refractivity (Wildman–Crippen MR) is 67.1 cm³/mol. The van der Waals surface area contributed by atoms with Gasteiger partial charge < -0.3 is 0 Å². The van der Waals surface area contributed by atoms with E-state index in [9.17, 15) is 8.42 Å². The summed E-state index contributed by atoms with van der Waals surface area (Å²) in [5.74, 6) is 0.515. The van der Waals surface area contributed by atoms with Crippen LogP contribution in [0, 0.1) is 0 Å². The molecular weight excluding hydrogens is 252 g/mol. The Kier molecular flexibility index (Phi) is 3.44. The van der Waals surface area contributed by atoms with E-state index in [0.717, 1.165) is 12.0 Å². The van der Waals surface area contributed by atoms with Crippen LogP contribution in [0.2, 0.25) is 0 Å². The van der Waals surface area contributed by atoms with Gasteiger partial charge in [0.1, 0.15) is 0 Å². The minimum Gasteiger partial charge on any atom is -0.297 e. The summed E-state index contributed by atoms with van der Waals surface area (Å²) >= 11 is 0. The van der Waals surface area contributed by atoms with E-state index in [1.165, 1.54) is 4.57 Å². The van der Waals surface area contributed by atoms with Gasteiger partial charge in [0.2, 0.25) is 0 Å². The van der Waals surface area contributed by atoms with E-state index in [0.29, 0.717) is 12.4 Å². The lowest BCUT2D eigenvalue weighted by molar-refractivity contribution is 0.559. The standard InChI is InChI=1S/C11H14N4O2S/c1-2-8-15-10(9-6-4-3-5-7-9)13-14-11(15)18(12,16)17/h3-7H,2,8H2,1H3,(H2,12,16,17). The summed E-state index contributed by atoms with van der Waals surface area (Å²) in [5.41, 5.74) is 0.813. The molecule has 0 unspecified atom stereocenters. The van der Waals surface area contributed by atoms with E-state index >= 15 is 0 Å². The van der Waals surface area contributed by atoms with Gasteiger partial charge in [-0.05, 0) is 6.42 Å². The Bertz CT molecular complexity index is 634. The van der Waals surface area contributed by atoms with Gasteiger partial charge in [0.25, 0.3) is 15.2 Å². The van der Waals surface area contributed by atoms with Crippen LogP contribution in [0.15, 0.2) is 35.5 Å². The Morgan fingerprint density at radius 1 is 1.22 bits per heavy atom. The van der Waals surface area contributed by atoms with Crippen LogP contribution in [0.1, 0.15) is 13.3 Å². The second-order valence-corrected chi connectivity index (χ2v) is 5.32. The molecule has 0 amide bonds. The van der Waals surface area contributed by atoms with Crippen LogP contribution in [0.5, 0.6) is 0 Å². The summed E-state index contributed by atoms with van der Waals surface area (Å²) in [4.78, 5) is 0. The van der Waals surface area contributed by atoms with Crippen molar-refractivity contribution < 1.29 is 8.42 Å². The number of nitrogens with two attached hydrogens (primary N) is 1. The summed E-state index contributed by atoms with van der Waals surface area (Å²) in [6.07, 6.45) is 0.764. The molecule has 18 heavy (non-hydrogen) atoms. The lowest BCUT2D eigenvalue weighted by Crippen LogP contribution is -2.19.